The molecule has 0 heterocycles. The van der Waals surface area contributed by atoms with Gasteiger partial charge in [-0.1, -0.05) is 6.92 Å². The second-order valence-corrected chi connectivity index (χ2v) is 5.03. The summed E-state index contributed by atoms with van der Waals surface area (Å²) in [5.74, 6) is -0.254. The van der Waals surface area contributed by atoms with Gasteiger partial charge < -0.3 is 11.1 Å². The van der Waals surface area contributed by atoms with Gasteiger partial charge in [0.1, 0.15) is 0 Å². The third-order valence-corrected chi connectivity index (χ3v) is 3.05. The fraction of sp³-hybridized carbons (Fsp3) is 0.875. The number of carbonyl (C=O) groups is 1. The molecule has 0 aromatic rings. The van der Waals surface area contributed by atoms with Gasteiger partial charge in [0, 0.05) is 26.1 Å². The summed E-state index contributed by atoms with van der Waals surface area (Å²) in [6.07, 6.45) is 1.02. The molecule has 0 aliphatic carbocycles. The average Bonchev–Trinajstić information content (AvgIpc) is 2.14. The van der Waals surface area contributed by atoms with Crippen LogP contribution in [0.2, 0.25) is 0 Å². The third-order valence-electron chi connectivity index (χ3n) is 1.63. The minimum atomic E-state index is -3.30. The van der Waals surface area contributed by atoms with Crippen molar-refractivity contribution in [2.75, 3.05) is 25.4 Å². The zero-order valence-corrected chi connectivity index (χ0v) is 9.77. The van der Waals surface area contributed by atoms with Crippen molar-refractivity contribution in [3.63, 3.8) is 0 Å². The quantitative estimate of drug-likeness (QED) is 0.492. The first-order valence-electron chi connectivity index (χ1n) is 4.96. The molecule has 0 aliphatic rings. The predicted molar refractivity (Wildman–Crippen MR) is 58.8 cm³/mol. The van der Waals surface area contributed by atoms with Crippen LogP contribution in [0.4, 0.5) is 0 Å². The van der Waals surface area contributed by atoms with E-state index < -0.39 is 10.0 Å². The first-order valence-corrected chi connectivity index (χ1v) is 6.61. The van der Waals surface area contributed by atoms with Crippen molar-refractivity contribution >= 4 is 15.9 Å². The molecule has 6 nitrogen and oxygen atoms in total. The Hall–Kier alpha value is -0.660. The van der Waals surface area contributed by atoms with Crippen LogP contribution in [0.3, 0.4) is 0 Å². The van der Waals surface area contributed by atoms with Gasteiger partial charge in [0.15, 0.2) is 0 Å². The smallest absolute Gasteiger partial charge is 0.221 e. The molecule has 15 heavy (non-hydrogen) atoms. The van der Waals surface area contributed by atoms with Crippen LogP contribution in [0, 0.1) is 0 Å². The molecule has 0 bridgehead atoms. The Morgan fingerprint density at radius 1 is 1.33 bits per heavy atom. The molecule has 0 saturated carbocycles. The summed E-state index contributed by atoms with van der Waals surface area (Å²) >= 11 is 0. The van der Waals surface area contributed by atoms with Crippen molar-refractivity contribution in [1.29, 1.82) is 0 Å². The van der Waals surface area contributed by atoms with E-state index in [0.717, 1.165) is 6.42 Å². The second kappa shape index (κ2) is 7.61. The SMILES string of the molecule is CCCNC(=O)CCNS(=O)(=O)CCN. The molecule has 4 N–H and O–H groups in total. The van der Waals surface area contributed by atoms with Crippen LogP contribution in [-0.4, -0.2) is 39.7 Å². The lowest BCUT2D eigenvalue weighted by Crippen LogP contribution is -2.33. The lowest BCUT2D eigenvalue weighted by Gasteiger charge is -2.05. The third kappa shape index (κ3) is 8.34. The molecule has 0 radical (unpaired) electrons. The van der Waals surface area contributed by atoms with Crippen LogP contribution in [0.25, 0.3) is 0 Å². The second-order valence-electron chi connectivity index (χ2n) is 3.10. The van der Waals surface area contributed by atoms with Gasteiger partial charge in [-0.2, -0.15) is 0 Å². The van der Waals surface area contributed by atoms with Crippen molar-refractivity contribution in [2.45, 2.75) is 19.8 Å². The largest absolute Gasteiger partial charge is 0.356 e. The van der Waals surface area contributed by atoms with Crippen LogP contribution >= 0.6 is 0 Å². The van der Waals surface area contributed by atoms with Gasteiger partial charge in [-0.05, 0) is 6.42 Å². The number of rotatable bonds is 8. The zero-order valence-electron chi connectivity index (χ0n) is 8.95. The van der Waals surface area contributed by atoms with Crippen molar-refractivity contribution < 1.29 is 13.2 Å². The molecule has 0 saturated heterocycles. The first kappa shape index (κ1) is 14.3. The van der Waals surface area contributed by atoms with Gasteiger partial charge in [0.2, 0.25) is 15.9 Å². The number of nitrogens with one attached hydrogen (secondary N) is 2. The summed E-state index contributed by atoms with van der Waals surface area (Å²) in [6, 6.07) is 0. The standard InChI is InChI=1S/C8H19N3O3S/c1-2-5-10-8(12)3-6-11-15(13,14)7-4-9/h11H,2-7,9H2,1H3,(H,10,12). The van der Waals surface area contributed by atoms with Gasteiger partial charge in [-0.15, -0.1) is 0 Å². The summed E-state index contributed by atoms with van der Waals surface area (Å²) in [6.45, 7) is 2.77. The van der Waals surface area contributed by atoms with E-state index in [1.54, 1.807) is 0 Å². The van der Waals surface area contributed by atoms with Crippen LogP contribution in [0.5, 0.6) is 0 Å². The Bertz CT molecular complexity index is 277. The lowest BCUT2D eigenvalue weighted by atomic mass is 10.4. The highest BCUT2D eigenvalue weighted by Gasteiger charge is 2.08. The van der Waals surface area contributed by atoms with Crippen LogP contribution in [-0.2, 0) is 14.8 Å². The molecule has 0 aromatic carbocycles. The van der Waals surface area contributed by atoms with Crippen LogP contribution in [0.1, 0.15) is 19.8 Å². The minimum absolute atomic E-state index is 0.0807. The summed E-state index contributed by atoms with van der Waals surface area (Å²) in [5.41, 5.74) is 5.11. The molecule has 0 fully saturated rings. The Kier molecular flexibility index (Phi) is 7.27. The van der Waals surface area contributed by atoms with Gasteiger partial charge >= 0.3 is 0 Å². The molecule has 0 rings (SSSR count). The summed E-state index contributed by atoms with van der Waals surface area (Å²) in [4.78, 5) is 11.1. The van der Waals surface area contributed by atoms with Crippen molar-refractivity contribution in [3.8, 4) is 0 Å². The summed E-state index contributed by atoms with van der Waals surface area (Å²) in [5, 5.41) is 2.65. The van der Waals surface area contributed by atoms with E-state index in [2.05, 4.69) is 10.0 Å². The van der Waals surface area contributed by atoms with Gasteiger partial charge in [0.25, 0.3) is 0 Å². The van der Waals surface area contributed by atoms with Crippen molar-refractivity contribution in [2.24, 2.45) is 5.73 Å². The number of hydrogen-bond acceptors (Lipinski definition) is 4. The summed E-state index contributed by atoms with van der Waals surface area (Å²) in [7, 11) is -3.30. The summed E-state index contributed by atoms with van der Waals surface area (Å²) < 4.78 is 24.5. The van der Waals surface area contributed by atoms with E-state index in [9.17, 15) is 13.2 Å². The molecule has 90 valence electrons. The van der Waals surface area contributed by atoms with E-state index in [0.29, 0.717) is 6.54 Å². The van der Waals surface area contributed by atoms with Crippen LogP contribution in [0.15, 0.2) is 0 Å². The molecule has 0 atom stereocenters. The Balaban J connectivity index is 3.65. The highest BCUT2D eigenvalue weighted by atomic mass is 32.2. The molecule has 1 amide bonds. The van der Waals surface area contributed by atoms with Crippen LogP contribution < -0.4 is 15.8 Å². The Morgan fingerprint density at radius 3 is 2.53 bits per heavy atom. The molecular formula is C8H19N3O3S. The number of amides is 1. The fourth-order valence-corrected chi connectivity index (χ4v) is 1.77. The highest BCUT2D eigenvalue weighted by molar-refractivity contribution is 7.89. The molecule has 0 aliphatic heterocycles. The number of hydrogen-bond donors (Lipinski definition) is 3. The van der Waals surface area contributed by atoms with Gasteiger partial charge in [-0.3, -0.25) is 4.79 Å². The fourth-order valence-electron chi connectivity index (χ4n) is 0.900. The number of nitrogens with two attached hydrogens (primary N) is 1. The maximum absolute atomic E-state index is 11.1. The normalized spacial score (nSPS) is 11.3. The van der Waals surface area contributed by atoms with E-state index in [-0.39, 0.29) is 31.2 Å². The van der Waals surface area contributed by atoms with Crippen molar-refractivity contribution in [1.82, 2.24) is 10.0 Å². The average molecular weight is 237 g/mol. The molecule has 0 spiro atoms. The molecule has 0 aromatic heterocycles. The molecule has 0 unspecified atom stereocenters. The Morgan fingerprint density at radius 2 is 2.00 bits per heavy atom. The lowest BCUT2D eigenvalue weighted by molar-refractivity contribution is -0.120. The number of carbonyl (C=O) groups excluding carboxylic acids is 1. The van der Waals surface area contributed by atoms with E-state index in [1.165, 1.54) is 0 Å². The van der Waals surface area contributed by atoms with E-state index >= 15 is 0 Å². The first-order chi connectivity index (χ1) is 7.02. The van der Waals surface area contributed by atoms with Gasteiger partial charge in [0.05, 0.1) is 5.75 Å². The monoisotopic (exact) mass is 237 g/mol. The maximum atomic E-state index is 11.1. The van der Waals surface area contributed by atoms with E-state index in [4.69, 9.17) is 5.73 Å². The van der Waals surface area contributed by atoms with Crippen molar-refractivity contribution in [3.05, 3.63) is 0 Å². The minimum Gasteiger partial charge on any atom is -0.356 e. The van der Waals surface area contributed by atoms with Gasteiger partial charge in [-0.25, -0.2) is 13.1 Å². The zero-order chi connectivity index (χ0) is 11.7. The maximum Gasteiger partial charge on any atom is 0.221 e. The van der Waals surface area contributed by atoms with E-state index in [1.807, 2.05) is 6.92 Å². The predicted octanol–water partition coefficient (Wildman–Crippen LogP) is -1.22. The Labute approximate surface area is 90.7 Å². The highest BCUT2D eigenvalue weighted by Crippen LogP contribution is 1.84. The molecule has 7 heteroatoms. The molecular weight excluding hydrogens is 218 g/mol. The topological polar surface area (TPSA) is 101 Å². The number of sulfonamides is 1.